The van der Waals surface area contributed by atoms with Gasteiger partial charge in [0, 0.05) is 18.2 Å². The van der Waals surface area contributed by atoms with Crippen molar-refractivity contribution >= 4 is 23.2 Å². The van der Waals surface area contributed by atoms with Gasteiger partial charge in [0.15, 0.2) is 6.10 Å². The molecule has 1 aromatic rings. The minimum atomic E-state index is -0.671. The van der Waals surface area contributed by atoms with Gasteiger partial charge >= 0.3 is 0 Å². The molecule has 1 atom stereocenters. The third-order valence-electron chi connectivity index (χ3n) is 2.89. The molecular weight excluding hydrogens is 286 g/mol. The fourth-order valence-corrected chi connectivity index (χ4v) is 2.07. The van der Waals surface area contributed by atoms with Crippen LogP contribution in [0.4, 0.5) is 5.69 Å². The highest BCUT2D eigenvalue weighted by Gasteiger charge is 2.26. The highest BCUT2D eigenvalue weighted by atomic mass is 35.5. The number of hydrogen-bond donors (Lipinski definition) is 0. The lowest BCUT2D eigenvalue weighted by Gasteiger charge is -2.29. The molecule has 1 aliphatic heterocycles. The molecule has 7 nitrogen and oxygen atoms in total. The van der Waals surface area contributed by atoms with Crippen LogP contribution in [-0.4, -0.2) is 41.5 Å². The molecule has 0 aliphatic carbocycles. The van der Waals surface area contributed by atoms with Gasteiger partial charge in [-0.05, 0) is 12.1 Å². The number of benzene rings is 1. The van der Waals surface area contributed by atoms with Crippen molar-refractivity contribution < 1.29 is 14.5 Å². The zero-order valence-electron chi connectivity index (χ0n) is 10.3. The quantitative estimate of drug-likeness (QED) is 0.610. The summed E-state index contributed by atoms with van der Waals surface area (Å²) in [7, 11) is 0. The van der Waals surface area contributed by atoms with Crippen LogP contribution >= 0.6 is 11.6 Å². The van der Waals surface area contributed by atoms with Crippen molar-refractivity contribution in [3.05, 3.63) is 38.9 Å². The van der Waals surface area contributed by atoms with Crippen LogP contribution in [0.1, 0.15) is 10.4 Å². The Bertz CT molecular complexity index is 599. The predicted molar refractivity (Wildman–Crippen MR) is 69.4 cm³/mol. The van der Waals surface area contributed by atoms with E-state index in [1.54, 1.807) is 0 Å². The summed E-state index contributed by atoms with van der Waals surface area (Å²) in [5.41, 5.74) is -0.151. The summed E-state index contributed by atoms with van der Waals surface area (Å²) >= 11 is 5.70. The van der Waals surface area contributed by atoms with E-state index in [4.69, 9.17) is 21.6 Å². The van der Waals surface area contributed by atoms with E-state index >= 15 is 0 Å². The summed E-state index contributed by atoms with van der Waals surface area (Å²) in [4.78, 5) is 23.8. The number of hydrogen-bond acceptors (Lipinski definition) is 5. The average Bonchev–Trinajstić information content (AvgIpc) is 2.46. The first-order valence-corrected chi connectivity index (χ1v) is 6.15. The fourth-order valence-electron chi connectivity index (χ4n) is 1.88. The van der Waals surface area contributed by atoms with Crippen molar-refractivity contribution in [1.29, 1.82) is 5.26 Å². The Kier molecular flexibility index (Phi) is 4.17. The van der Waals surface area contributed by atoms with Crippen LogP contribution in [0.15, 0.2) is 18.2 Å². The van der Waals surface area contributed by atoms with Gasteiger partial charge in [-0.25, -0.2) is 0 Å². The van der Waals surface area contributed by atoms with Gasteiger partial charge in [0.2, 0.25) is 0 Å². The molecule has 1 saturated heterocycles. The van der Waals surface area contributed by atoms with Crippen molar-refractivity contribution in [2.45, 2.75) is 6.10 Å². The lowest BCUT2D eigenvalue weighted by molar-refractivity contribution is -0.384. The third kappa shape index (κ3) is 2.87. The molecular formula is C12H10ClN3O4. The van der Waals surface area contributed by atoms with Crippen molar-refractivity contribution in [3.8, 4) is 6.07 Å². The lowest BCUT2D eigenvalue weighted by atomic mass is 10.1. The van der Waals surface area contributed by atoms with Crippen molar-refractivity contribution in [1.82, 2.24) is 4.90 Å². The molecule has 20 heavy (non-hydrogen) atoms. The predicted octanol–water partition coefficient (Wildman–Crippen LogP) is 1.61. The zero-order valence-corrected chi connectivity index (χ0v) is 11.0. The van der Waals surface area contributed by atoms with Gasteiger partial charge in [-0.1, -0.05) is 11.6 Å². The topological polar surface area (TPSA) is 96.5 Å². The summed E-state index contributed by atoms with van der Waals surface area (Å²) in [6, 6.07) is 5.81. The summed E-state index contributed by atoms with van der Waals surface area (Å²) in [5, 5.41) is 19.6. The van der Waals surface area contributed by atoms with Crippen LogP contribution in [-0.2, 0) is 4.74 Å². The second kappa shape index (κ2) is 5.86. The van der Waals surface area contributed by atoms with Crippen LogP contribution in [0, 0.1) is 21.4 Å². The number of nitro benzene ring substituents is 1. The number of rotatable bonds is 2. The zero-order chi connectivity index (χ0) is 14.7. The normalized spacial score (nSPS) is 18.4. The number of nitrogens with zero attached hydrogens (tertiary/aromatic N) is 3. The highest BCUT2D eigenvalue weighted by Crippen LogP contribution is 2.25. The molecule has 0 N–H and O–H groups in total. The molecule has 0 aromatic heterocycles. The molecule has 0 spiro atoms. The maximum Gasteiger partial charge on any atom is 0.288 e. The number of halogens is 1. The van der Waals surface area contributed by atoms with Gasteiger partial charge in [0.05, 0.1) is 24.1 Å². The number of amides is 1. The number of nitro groups is 1. The molecule has 1 aliphatic rings. The minimum Gasteiger partial charge on any atom is -0.360 e. The summed E-state index contributed by atoms with van der Waals surface area (Å²) < 4.78 is 5.14. The van der Waals surface area contributed by atoms with Crippen molar-refractivity contribution in [2.24, 2.45) is 0 Å². The second-order valence-electron chi connectivity index (χ2n) is 4.16. The van der Waals surface area contributed by atoms with Crippen LogP contribution < -0.4 is 0 Å². The van der Waals surface area contributed by atoms with Gasteiger partial charge in [0.1, 0.15) is 5.02 Å². The smallest absolute Gasteiger partial charge is 0.288 e. The summed E-state index contributed by atoms with van der Waals surface area (Å²) in [6.07, 6.45) is -0.671. The molecule has 2 rings (SSSR count). The van der Waals surface area contributed by atoms with Crippen LogP contribution in [0.25, 0.3) is 0 Å². The number of ether oxygens (including phenoxy) is 1. The standard InChI is InChI=1S/C12H10ClN3O4/c13-10-2-1-8(5-11(10)16(18)19)12(17)15-3-4-20-9(6-14)7-15/h1-2,5,9H,3-4,7H2. The summed E-state index contributed by atoms with van der Waals surface area (Å²) in [6.45, 7) is 0.749. The van der Waals surface area contributed by atoms with E-state index in [2.05, 4.69) is 0 Å². The maximum absolute atomic E-state index is 12.2. The first kappa shape index (κ1) is 14.2. The van der Waals surface area contributed by atoms with E-state index in [1.807, 2.05) is 6.07 Å². The maximum atomic E-state index is 12.2. The number of nitriles is 1. The van der Waals surface area contributed by atoms with Gasteiger partial charge in [-0.2, -0.15) is 5.26 Å². The van der Waals surface area contributed by atoms with Gasteiger partial charge in [-0.15, -0.1) is 0 Å². The molecule has 1 heterocycles. The summed E-state index contributed by atoms with van der Waals surface area (Å²) in [5.74, 6) is -0.381. The van der Waals surface area contributed by atoms with E-state index in [9.17, 15) is 14.9 Å². The number of carbonyl (C=O) groups is 1. The van der Waals surface area contributed by atoms with E-state index < -0.39 is 11.0 Å². The Labute approximate surface area is 119 Å². The van der Waals surface area contributed by atoms with E-state index in [-0.39, 0.29) is 35.3 Å². The van der Waals surface area contributed by atoms with Gasteiger partial charge in [0.25, 0.3) is 11.6 Å². The van der Waals surface area contributed by atoms with Crippen molar-refractivity contribution in [2.75, 3.05) is 19.7 Å². The molecule has 0 bridgehead atoms. The molecule has 1 aromatic carbocycles. The molecule has 8 heteroatoms. The average molecular weight is 296 g/mol. The van der Waals surface area contributed by atoms with Crippen LogP contribution in [0.5, 0.6) is 0 Å². The van der Waals surface area contributed by atoms with Crippen molar-refractivity contribution in [3.63, 3.8) is 0 Å². The lowest BCUT2D eigenvalue weighted by Crippen LogP contribution is -2.45. The number of carbonyl (C=O) groups excluding carboxylic acids is 1. The molecule has 0 saturated carbocycles. The monoisotopic (exact) mass is 295 g/mol. The first-order valence-electron chi connectivity index (χ1n) is 5.77. The second-order valence-corrected chi connectivity index (χ2v) is 4.57. The van der Waals surface area contributed by atoms with E-state index in [1.165, 1.54) is 17.0 Å². The Morgan fingerprint density at radius 3 is 3.00 bits per heavy atom. The van der Waals surface area contributed by atoms with E-state index in [0.717, 1.165) is 6.07 Å². The fraction of sp³-hybridized carbons (Fsp3) is 0.333. The van der Waals surface area contributed by atoms with Crippen LogP contribution in [0.3, 0.4) is 0 Å². The van der Waals surface area contributed by atoms with Gasteiger partial charge in [-0.3, -0.25) is 14.9 Å². The molecule has 1 amide bonds. The Hall–Kier alpha value is -2.17. The minimum absolute atomic E-state index is 0.0246. The third-order valence-corrected chi connectivity index (χ3v) is 3.21. The molecule has 104 valence electrons. The van der Waals surface area contributed by atoms with Crippen LogP contribution in [0.2, 0.25) is 5.02 Å². The van der Waals surface area contributed by atoms with E-state index in [0.29, 0.717) is 6.54 Å². The molecule has 1 unspecified atom stereocenters. The SMILES string of the molecule is N#CC1CN(C(=O)c2ccc(Cl)c([N+](=O)[O-])c2)CCO1. The first-order chi connectivity index (χ1) is 9.52. The molecule has 0 radical (unpaired) electrons. The number of morpholine rings is 1. The Morgan fingerprint density at radius 2 is 2.35 bits per heavy atom. The highest BCUT2D eigenvalue weighted by molar-refractivity contribution is 6.32. The largest absolute Gasteiger partial charge is 0.360 e. The molecule has 1 fully saturated rings. The van der Waals surface area contributed by atoms with Gasteiger partial charge < -0.3 is 9.64 Å². The Morgan fingerprint density at radius 1 is 1.60 bits per heavy atom. The Balaban J connectivity index is 2.23.